The van der Waals surface area contributed by atoms with Crippen LogP contribution < -0.4 is 4.90 Å². The number of likely N-dealkylation sites (N-methyl/N-ethyl adjacent to an activating group) is 1. The molecule has 2 heterocycles. The van der Waals surface area contributed by atoms with E-state index in [9.17, 15) is 0 Å². The second kappa shape index (κ2) is 3.89. The van der Waals surface area contributed by atoms with E-state index < -0.39 is 0 Å². The predicted octanol–water partition coefficient (Wildman–Crippen LogP) is 3.42. The van der Waals surface area contributed by atoms with Crippen LogP contribution in [0.5, 0.6) is 0 Å². The number of hydrogen-bond donors (Lipinski definition) is 0. The Kier molecular flexibility index (Phi) is 2.18. The number of rotatable bonds is 1. The van der Waals surface area contributed by atoms with Gasteiger partial charge in [0, 0.05) is 25.2 Å². The van der Waals surface area contributed by atoms with Crippen molar-refractivity contribution in [2.24, 2.45) is 0 Å². The maximum atomic E-state index is 3.14. The third-order valence-electron chi connectivity index (χ3n) is 3.99. The average molecular weight is 247 g/mol. The van der Waals surface area contributed by atoms with Gasteiger partial charge in [-0.25, -0.2) is 0 Å². The minimum Gasteiger partial charge on any atom is -0.372 e. The van der Waals surface area contributed by atoms with Crippen LogP contribution in [-0.4, -0.2) is 18.2 Å². The first-order chi connectivity index (χ1) is 9.34. The van der Waals surface area contributed by atoms with Gasteiger partial charge in [0.05, 0.1) is 16.9 Å². The lowest BCUT2D eigenvalue weighted by Gasteiger charge is -2.18. The number of fused-ring (bicyclic) bond motifs is 2. The summed E-state index contributed by atoms with van der Waals surface area (Å²) in [4.78, 5) is 2.35. The van der Waals surface area contributed by atoms with E-state index in [1.165, 1.54) is 27.8 Å². The zero-order chi connectivity index (χ0) is 12.8. The van der Waals surface area contributed by atoms with Gasteiger partial charge in [-0.1, -0.05) is 18.2 Å². The van der Waals surface area contributed by atoms with Crippen LogP contribution in [0.3, 0.4) is 0 Å². The van der Waals surface area contributed by atoms with Crippen LogP contribution in [0.15, 0.2) is 48.7 Å². The van der Waals surface area contributed by atoms with Gasteiger partial charge in [-0.05, 0) is 42.3 Å². The summed E-state index contributed by atoms with van der Waals surface area (Å²) < 4.78 is 2.28. The fraction of sp³-hybridized carbons (Fsp3) is 0.176. The van der Waals surface area contributed by atoms with Crippen LogP contribution in [0.1, 0.15) is 5.56 Å². The summed E-state index contributed by atoms with van der Waals surface area (Å²) in [6, 6.07) is 18.0. The zero-order valence-corrected chi connectivity index (χ0v) is 10.9. The van der Waals surface area contributed by atoms with Crippen molar-refractivity contribution in [2.75, 3.05) is 18.5 Å². The third kappa shape index (κ3) is 1.49. The van der Waals surface area contributed by atoms with Crippen LogP contribution in [0.4, 0.5) is 5.69 Å². The van der Waals surface area contributed by atoms with E-state index in [4.69, 9.17) is 0 Å². The first kappa shape index (κ1) is 10.7. The molecule has 1 aliphatic rings. The molecule has 0 aliphatic carbocycles. The molecule has 0 unspecified atom stereocenters. The molecule has 1 radical (unpaired) electrons. The minimum atomic E-state index is 1.11. The SMILES string of the molecule is CN1CCc2cccc(-n3ccc4c[c]ccc43)c21. The lowest BCUT2D eigenvalue weighted by Crippen LogP contribution is -2.14. The van der Waals surface area contributed by atoms with Gasteiger partial charge < -0.3 is 9.47 Å². The zero-order valence-electron chi connectivity index (χ0n) is 10.9. The van der Waals surface area contributed by atoms with Crippen molar-refractivity contribution < 1.29 is 0 Å². The van der Waals surface area contributed by atoms with Crippen molar-refractivity contribution in [1.29, 1.82) is 0 Å². The van der Waals surface area contributed by atoms with Gasteiger partial charge in [0.1, 0.15) is 0 Å². The Morgan fingerprint density at radius 3 is 3.05 bits per heavy atom. The maximum absolute atomic E-state index is 3.14. The summed E-state index contributed by atoms with van der Waals surface area (Å²) in [5.74, 6) is 0. The van der Waals surface area contributed by atoms with Crippen molar-refractivity contribution in [3.8, 4) is 5.69 Å². The first-order valence-corrected chi connectivity index (χ1v) is 6.65. The van der Waals surface area contributed by atoms with Gasteiger partial charge in [0.15, 0.2) is 0 Å². The normalized spacial score (nSPS) is 14.1. The van der Waals surface area contributed by atoms with Crippen molar-refractivity contribution in [1.82, 2.24) is 4.57 Å². The maximum Gasteiger partial charge on any atom is 0.0692 e. The third-order valence-corrected chi connectivity index (χ3v) is 3.99. The summed E-state index contributed by atoms with van der Waals surface area (Å²) in [5.41, 5.74) is 5.34. The standard InChI is InChI=1S/C17H15N2/c1-18-11-9-14-6-4-8-16(17(14)18)19-12-10-13-5-2-3-7-15(13)19/h3-8,10,12H,9,11H2,1H3. The molecule has 0 saturated carbocycles. The minimum absolute atomic E-state index is 1.11. The van der Waals surface area contributed by atoms with Gasteiger partial charge >= 0.3 is 0 Å². The number of hydrogen-bond acceptors (Lipinski definition) is 1. The van der Waals surface area contributed by atoms with Gasteiger partial charge in [-0.3, -0.25) is 0 Å². The monoisotopic (exact) mass is 247 g/mol. The number of aromatic nitrogens is 1. The van der Waals surface area contributed by atoms with Crippen molar-refractivity contribution in [2.45, 2.75) is 6.42 Å². The number of nitrogens with zero attached hydrogens (tertiary/aromatic N) is 2. The molecule has 0 spiro atoms. The Balaban J connectivity index is 2.01. The van der Waals surface area contributed by atoms with Crippen LogP contribution >= 0.6 is 0 Å². The highest BCUT2D eigenvalue weighted by molar-refractivity contribution is 5.84. The van der Waals surface area contributed by atoms with Crippen LogP contribution in [0.2, 0.25) is 0 Å². The summed E-state index contributed by atoms with van der Waals surface area (Å²) in [6.07, 6.45) is 3.30. The molecule has 0 fully saturated rings. The van der Waals surface area contributed by atoms with Gasteiger partial charge in [-0.2, -0.15) is 0 Å². The predicted molar refractivity (Wildman–Crippen MR) is 79.1 cm³/mol. The smallest absolute Gasteiger partial charge is 0.0692 e. The molecule has 0 bridgehead atoms. The molecular weight excluding hydrogens is 232 g/mol. The van der Waals surface area contributed by atoms with Crippen molar-refractivity contribution in [3.05, 3.63) is 60.3 Å². The molecular formula is C17H15N2. The quantitative estimate of drug-likeness (QED) is 0.639. The molecule has 2 aromatic carbocycles. The van der Waals surface area contributed by atoms with Gasteiger partial charge in [0.25, 0.3) is 0 Å². The molecule has 4 rings (SSSR count). The molecule has 0 amide bonds. The Morgan fingerprint density at radius 1 is 1.16 bits per heavy atom. The van der Waals surface area contributed by atoms with E-state index >= 15 is 0 Å². The van der Waals surface area contributed by atoms with Gasteiger partial charge in [-0.15, -0.1) is 0 Å². The highest BCUT2D eigenvalue weighted by Gasteiger charge is 2.20. The Labute approximate surface area is 112 Å². The lowest BCUT2D eigenvalue weighted by atomic mass is 10.1. The van der Waals surface area contributed by atoms with Crippen molar-refractivity contribution >= 4 is 16.6 Å². The van der Waals surface area contributed by atoms with E-state index in [2.05, 4.69) is 59.1 Å². The van der Waals surface area contributed by atoms with E-state index in [-0.39, 0.29) is 0 Å². The molecule has 1 aromatic heterocycles. The Hall–Kier alpha value is -2.22. The summed E-state index contributed by atoms with van der Waals surface area (Å²) >= 11 is 0. The molecule has 0 N–H and O–H groups in total. The average Bonchev–Trinajstić information content (AvgIpc) is 3.03. The topological polar surface area (TPSA) is 8.17 Å². The summed E-state index contributed by atoms with van der Waals surface area (Å²) in [7, 11) is 2.18. The van der Waals surface area contributed by atoms with E-state index in [1.54, 1.807) is 0 Å². The number of benzene rings is 2. The van der Waals surface area contributed by atoms with E-state index in [1.807, 2.05) is 12.1 Å². The van der Waals surface area contributed by atoms with Crippen molar-refractivity contribution in [3.63, 3.8) is 0 Å². The van der Waals surface area contributed by atoms with Crippen LogP contribution in [0, 0.1) is 6.07 Å². The molecule has 93 valence electrons. The molecule has 1 aliphatic heterocycles. The number of para-hydroxylation sites is 1. The largest absolute Gasteiger partial charge is 0.372 e. The van der Waals surface area contributed by atoms with Crippen LogP contribution in [-0.2, 0) is 6.42 Å². The summed E-state index contributed by atoms with van der Waals surface area (Å²) in [6.45, 7) is 1.11. The Morgan fingerprint density at radius 2 is 2.11 bits per heavy atom. The second-order valence-electron chi connectivity index (χ2n) is 5.13. The second-order valence-corrected chi connectivity index (χ2v) is 5.13. The molecule has 3 aromatic rings. The lowest BCUT2D eigenvalue weighted by molar-refractivity contribution is 0.951. The molecule has 19 heavy (non-hydrogen) atoms. The molecule has 2 heteroatoms. The fourth-order valence-corrected chi connectivity index (χ4v) is 3.05. The number of anilines is 1. The molecule has 0 atom stereocenters. The highest BCUT2D eigenvalue weighted by Crippen LogP contribution is 2.34. The van der Waals surface area contributed by atoms with Crippen LogP contribution in [0.25, 0.3) is 16.6 Å². The van der Waals surface area contributed by atoms with E-state index in [0.29, 0.717) is 0 Å². The fourth-order valence-electron chi connectivity index (χ4n) is 3.05. The molecule has 2 nitrogen and oxygen atoms in total. The molecule has 0 saturated heterocycles. The van der Waals surface area contributed by atoms with E-state index in [0.717, 1.165) is 13.0 Å². The van der Waals surface area contributed by atoms with Gasteiger partial charge in [0.2, 0.25) is 0 Å². The summed E-state index contributed by atoms with van der Waals surface area (Å²) in [5, 5.41) is 1.24. The Bertz CT molecular complexity index is 755. The highest BCUT2D eigenvalue weighted by atomic mass is 15.1. The first-order valence-electron chi connectivity index (χ1n) is 6.65.